The van der Waals surface area contributed by atoms with E-state index < -0.39 is 6.04 Å². The monoisotopic (exact) mass is 470 g/mol. The van der Waals surface area contributed by atoms with Crippen LogP contribution in [0, 0.1) is 0 Å². The molecule has 0 aliphatic heterocycles. The van der Waals surface area contributed by atoms with Crippen LogP contribution in [0.15, 0.2) is 42.5 Å². The molecule has 0 spiro atoms. The summed E-state index contributed by atoms with van der Waals surface area (Å²) in [6.45, 7) is 9.61. The molecule has 0 saturated heterocycles. The van der Waals surface area contributed by atoms with E-state index in [0.29, 0.717) is 50.6 Å². The number of carbonyl (C=O) groups excluding carboxylic acids is 2. The molecule has 2 rings (SSSR count). The number of carbonyl (C=O) groups is 2. The Morgan fingerprint density at radius 2 is 1.56 bits per heavy atom. The Morgan fingerprint density at radius 3 is 2.15 bits per heavy atom. The maximum atomic E-state index is 13.4. The Labute approximate surface area is 203 Å². The van der Waals surface area contributed by atoms with Gasteiger partial charge in [-0.15, -0.1) is 0 Å². The Hall–Kier alpha value is -3.22. The molecule has 34 heavy (non-hydrogen) atoms. The molecule has 0 aliphatic carbocycles. The minimum absolute atomic E-state index is 0.0687. The number of nitrogens with zero attached hydrogens (tertiary/aromatic N) is 1. The Balaban J connectivity index is 2.21. The summed E-state index contributed by atoms with van der Waals surface area (Å²) in [5.41, 5.74) is 1.92. The van der Waals surface area contributed by atoms with Gasteiger partial charge in [0.2, 0.25) is 11.8 Å². The van der Waals surface area contributed by atoms with E-state index in [1.54, 1.807) is 12.0 Å². The molecule has 7 heteroatoms. The Bertz CT molecular complexity index is 914. The molecule has 0 aliphatic rings. The number of likely N-dealkylation sites (N-methyl/N-ethyl adjacent to an activating group) is 1. The summed E-state index contributed by atoms with van der Waals surface area (Å²) >= 11 is 0. The third-order valence-electron chi connectivity index (χ3n) is 5.48. The van der Waals surface area contributed by atoms with Gasteiger partial charge in [-0.1, -0.05) is 25.1 Å². The van der Waals surface area contributed by atoms with Crippen molar-refractivity contribution < 1.29 is 23.8 Å². The highest BCUT2D eigenvalue weighted by Gasteiger charge is 2.28. The zero-order valence-corrected chi connectivity index (χ0v) is 21.1. The van der Waals surface area contributed by atoms with E-state index in [2.05, 4.69) is 5.32 Å². The molecule has 0 fully saturated rings. The quantitative estimate of drug-likeness (QED) is 0.444. The molecule has 186 valence electrons. The Kier molecular flexibility index (Phi) is 11.2. The van der Waals surface area contributed by atoms with Gasteiger partial charge in [0, 0.05) is 19.5 Å². The van der Waals surface area contributed by atoms with Crippen LogP contribution in [0.25, 0.3) is 0 Å². The average Bonchev–Trinajstić information content (AvgIpc) is 2.84. The van der Waals surface area contributed by atoms with Crippen molar-refractivity contribution in [1.29, 1.82) is 0 Å². The zero-order valence-electron chi connectivity index (χ0n) is 21.1. The fourth-order valence-corrected chi connectivity index (χ4v) is 3.79. The van der Waals surface area contributed by atoms with Gasteiger partial charge in [0.05, 0.1) is 20.3 Å². The van der Waals surface area contributed by atoms with Crippen LogP contribution in [0.5, 0.6) is 17.2 Å². The van der Waals surface area contributed by atoms with Crippen LogP contribution < -0.4 is 19.5 Å². The maximum Gasteiger partial charge on any atom is 0.242 e. The number of hydrogen-bond acceptors (Lipinski definition) is 5. The van der Waals surface area contributed by atoms with E-state index in [4.69, 9.17) is 14.2 Å². The van der Waals surface area contributed by atoms with Gasteiger partial charge in [0.25, 0.3) is 0 Å². The zero-order chi connectivity index (χ0) is 24.9. The molecule has 0 bridgehead atoms. The predicted molar refractivity (Wildman–Crippen MR) is 133 cm³/mol. The third-order valence-corrected chi connectivity index (χ3v) is 5.48. The van der Waals surface area contributed by atoms with E-state index in [9.17, 15) is 9.59 Å². The van der Waals surface area contributed by atoms with E-state index in [1.165, 1.54) is 0 Å². The highest BCUT2D eigenvalue weighted by Crippen LogP contribution is 2.29. The molecule has 2 aromatic carbocycles. The molecular weight excluding hydrogens is 432 g/mol. The van der Waals surface area contributed by atoms with Crippen molar-refractivity contribution in [3.63, 3.8) is 0 Å². The summed E-state index contributed by atoms with van der Waals surface area (Å²) in [7, 11) is 1.62. The summed E-state index contributed by atoms with van der Waals surface area (Å²) in [5, 5.41) is 2.87. The van der Waals surface area contributed by atoms with Crippen LogP contribution in [0.3, 0.4) is 0 Å². The van der Waals surface area contributed by atoms with Gasteiger partial charge in [0.15, 0.2) is 11.5 Å². The van der Waals surface area contributed by atoms with Crippen molar-refractivity contribution in [2.75, 3.05) is 26.9 Å². The molecule has 7 nitrogen and oxygen atoms in total. The van der Waals surface area contributed by atoms with Crippen molar-refractivity contribution in [2.45, 2.75) is 59.5 Å². The number of benzene rings is 2. The smallest absolute Gasteiger partial charge is 0.242 e. The summed E-state index contributed by atoms with van der Waals surface area (Å²) in [6, 6.07) is 12.8. The standard InChI is InChI=1S/C27H38N2O5/c1-6-23(27(31)28-7-2)29(19-21-10-14-22(32-5)15-11-21)26(30)17-13-20-12-16-24(33-8-3)25(18-20)34-9-4/h10-12,14-16,18,23H,6-9,13,17,19H2,1-5H3,(H,28,31). The number of hydrogen-bond donors (Lipinski definition) is 1. The second-order valence-corrected chi connectivity index (χ2v) is 7.84. The molecule has 0 heterocycles. The molecule has 0 aromatic heterocycles. The molecule has 0 radical (unpaired) electrons. The number of rotatable bonds is 14. The first-order valence-corrected chi connectivity index (χ1v) is 12.1. The molecule has 1 unspecified atom stereocenters. The van der Waals surface area contributed by atoms with Crippen molar-refractivity contribution >= 4 is 11.8 Å². The van der Waals surface area contributed by atoms with Crippen molar-refractivity contribution in [3.8, 4) is 17.2 Å². The van der Waals surface area contributed by atoms with Gasteiger partial charge in [-0.2, -0.15) is 0 Å². The number of ether oxygens (including phenoxy) is 3. The first-order valence-electron chi connectivity index (χ1n) is 12.1. The van der Waals surface area contributed by atoms with Crippen LogP contribution in [0.2, 0.25) is 0 Å². The minimum atomic E-state index is -0.533. The van der Waals surface area contributed by atoms with Gasteiger partial charge >= 0.3 is 0 Å². The van der Waals surface area contributed by atoms with Gasteiger partial charge in [-0.05, 0) is 69.0 Å². The van der Waals surface area contributed by atoms with Crippen LogP contribution in [-0.2, 0) is 22.6 Å². The second kappa shape index (κ2) is 14.1. The van der Waals surface area contributed by atoms with Gasteiger partial charge < -0.3 is 24.4 Å². The molecule has 1 atom stereocenters. The number of nitrogens with one attached hydrogen (secondary N) is 1. The lowest BCUT2D eigenvalue weighted by Gasteiger charge is -2.30. The summed E-state index contributed by atoms with van der Waals surface area (Å²) in [6.07, 6.45) is 1.35. The summed E-state index contributed by atoms with van der Waals surface area (Å²) in [5.74, 6) is 1.92. The molecule has 2 amide bonds. The maximum absolute atomic E-state index is 13.4. The van der Waals surface area contributed by atoms with E-state index in [-0.39, 0.29) is 18.2 Å². The van der Waals surface area contributed by atoms with E-state index in [1.807, 2.05) is 70.2 Å². The fraction of sp³-hybridized carbons (Fsp3) is 0.481. The fourth-order valence-electron chi connectivity index (χ4n) is 3.79. The van der Waals surface area contributed by atoms with Crippen LogP contribution in [-0.4, -0.2) is 49.6 Å². The van der Waals surface area contributed by atoms with Crippen molar-refractivity contribution in [1.82, 2.24) is 10.2 Å². The average molecular weight is 471 g/mol. The lowest BCUT2D eigenvalue weighted by Crippen LogP contribution is -2.49. The second-order valence-electron chi connectivity index (χ2n) is 7.84. The van der Waals surface area contributed by atoms with Gasteiger partial charge in [0.1, 0.15) is 11.8 Å². The largest absolute Gasteiger partial charge is 0.497 e. The van der Waals surface area contributed by atoms with E-state index in [0.717, 1.165) is 16.9 Å². The first kappa shape index (κ1) is 27.0. The Morgan fingerprint density at radius 1 is 0.912 bits per heavy atom. The van der Waals surface area contributed by atoms with Gasteiger partial charge in [-0.25, -0.2) is 0 Å². The highest BCUT2D eigenvalue weighted by molar-refractivity contribution is 5.87. The minimum Gasteiger partial charge on any atom is -0.497 e. The highest BCUT2D eigenvalue weighted by atomic mass is 16.5. The molecular formula is C27H38N2O5. The van der Waals surface area contributed by atoms with Gasteiger partial charge in [-0.3, -0.25) is 9.59 Å². The van der Waals surface area contributed by atoms with Crippen molar-refractivity contribution in [2.24, 2.45) is 0 Å². The SMILES string of the molecule is CCNC(=O)C(CC)N(Cc1ccc(OC)cc1)C(=O)CCc1ccc(OCC)c(OCC)c1. The van der Waals surface area contributed by atoms with Crippen LogP contribution >= 0.6 is 0 Å². The first-order chi connectivity index (χ1) is 16.5. The van der Waals surface area contributed by atoms with E-state index >= 15 is 0 Å². The molecule has 1 N–H and O–H groups in total. The number of amides is 2. The molecule has 0 saturated carbocycles. The van der Waals surface area contributed by atoms with Crippen molar-refractivity contribution in [3.05, 3.63) is 53.6 Å². The topological polar surface area (TPSA) is 77.1 Å². The lowest BCUT2D eigenvalue weighted by molar-refractivity contribution is -0.141. The van der Waals surface area contributed by atoms with Crippen LogP contribution in [0.4, 0.5) is 0 Å². The summed E-state index contributed by atoms with van der Waals surface area (Å²) in [4.78, 5) is 27.8. The number of methoxy groups -OCH3 is 1. The molecule has 2 aromatic rings. The number of aryl methyl sites for hydroxylation is 1. The normalized spacial score (nSPS) is 11.4. The van der Waals surface area contributed by atoms with Crippen LogP contribution in [0.1, 0.15) is 51.7 Å². The summed E-state index contributed by atoms with van der Waals surface area (Å²) < 4.78 is 16.6. The predicted octanol–water partition coefficient (Wildman–Crippen LogP) is 4.37. The lowest BCUT2D eigenvalue weighted by atomic mass is 10.1. The third kappa shape index (κ3) is 7.68.